The van der Waals surface area contributed by atoms with Crippen LogP contribution in [0.2, 0.25) is 0 Å². The Morgan fingerprint density at radius 2 is 1.94 bits per heavy atom. The predicted molar refractivity (Wildman–Crippen MR) is 69.6 cm³/mol. The van der Waals surface area contributed by atoms with E-state index in [2.05, 4.69) is 30.9 Å². The lowest BCUT2D eigenvalue weighted by Crippen LogP contribution is -2.13. The van der Waals surface area contributed by atoms with Crippen molar-refractivity contribution in [3.05, 3.63) is 30.1 Å². The molecule has 17 heavy (non-hydrogen) atoms. The normalized spacial score (nSPS) is 11.8. The molecule has 0 radical (unpaired) electrons. The number of aromatic nitrogens is 3. The molecule has 0 atom stereocenters. The van der Waals surface area contributed by atoms with Crippen LogP contribution in [0, 0.1) is 0 Å². The fraction of sp³-hybridized carbons (Fsp3) is 0.385. The first-order valence-corrected chi connectivity index (χ1v) is 5.65. The maximum absolute atomic E-state index is 5.78. The Labute approximate surface area is 101 Å². The van der Waals surface area contributed by atoms with Crippen molar-refractivity contribution in [2.24, 2.45) is 7.05 Å². The second-order valence-corrected chi connectivity index (χ2v) is 5.26. The molecule has 4 heteroatoms. The molecule has 0 bridgehead atoms. The minimum atomic E-state index is -0.0453. The van der Waals surface area contributed by atoms with E-state index in [1.807, 2.05) is 31.3 Å². The number of anilines is 1. The molecule has 2 rings (SSSR count). The molecule has 0 spiro atoms. The fourth-order valence-electron chi connectivity index (χ4n) is 1.63. The average molecular weight is 230 g/mol. The van der Waals surface area contributed by atoms with Crippen LogP contribution >= 0.6 is 0 Å². The molecule has 1 aromatic carbocycles. The van der Waals surface area contributed by atoms with Crippen LogP contribution in [-0.2, 0) is 12.5 Å². The third kappa shape index (κ3) is 2.30. The summed E-state index contributed by atoms with van der Waals surface area (Å²) >= 11 is 0. The Bertz CT molecular complexity index is 535. The van der Waals surface area contributed by atoms with E-state index in [0.717, 1.165) is 22.9 Å². The molecule has 1 heterocycles. The van der Waals surface area contributed by atoms with Crippen LogP contribution in [0.15, 0.2) is 24.3 Å². The number of benzene rings is 1. The minimum absolute atomic E-state index is 0.0453. The van der Waals surface area contributed by atoms with Crippen LogP contribution in [-0.4, -0.2) is 14.8 Å². The fourth-order valence-corrected chi connectivity index (χ4v) is 1.63. The van der Waals surface area contributed by atoms with Gasteiger partial charge in [-0.05, 0) is 12.1 Å². The first kappa shape index (κ1) is 11.6. The van der Waals surface area contributed by atoms with Crippen molar-refractivity contribution in [1.82, 2.24) is 14.8 Å². The Kier molecular flexibility index (Phi) is 2.65. The van der Waals surface area contributed by atoms with E-state index >= 15 is 0 Å². The number of nitrogens with zero attached hydrogens (tertiary/aromatic N) is 3. The first-order chi connectivity index (χ1) is 7.88. The molecule has 0 saturated carbocycles. The highest BCUT2D eigenvalue weighted by Crippen LogP contribution is 2.24. The molecule has 0 aliphatic rings. The molecule has 2 aromatic rings. The van der Waals surface area contributed by atoms with Gasteiger partial charge in [-0.25, -0.2) is 9.67 Å². The quantitative estimate of drug-likeness (QED) is 0.765. The van der Waals surface area contributed by atoms with Crippen LogP contribution in [0.25, 0.3) is 11.4 Å². The number of nitrogens with two attached hydrogens (primary N) is 1. The van der Waals surface area contributed by atoms with E-state index in [4.69, 9.17) is 5.73 Å². The molecular formula is C13H18N4. The van der Waals surface area contributed by atoms with Gasteiger partial charge in [0.1, 0.15) is 0 Å². The summed E-state index contributed by atoms with van der Waals surface area (Å²) in [7, 11) is 1.90. The third-order valence-corrected chi connectivity index (χ3v) is 2.58. The Hall–Kier alpha value is -1.84. The van der Waals surface area contributed by atoms with Crippen LogP contribution in [0.3, 0.4) is 0 Å². The maximum Gasteiger partial charge on any atom is 0.158 e. The van der Waals surface area contributed by atoms with Crippen LogP contribution in [0.5, 0.6) is 0 Å². The van der Waals surface area contributed by atoms with Gasteiger partial charge in [0.15, 0.2) is 11.6 Å². The summed E-state index contributed by atoms with van der Waals surface area (Å²) in [6.07, 6.45) is 0. The summed E-state index contributed by atoms with van der Waals surface area (Å²) in [5, 5.41) is 4.45. The molecular weight excluding hydrogens is 212 g/mol. The van der Waals surface area contributed by atoms with Gasteiger partial charge >= 0.3 is 0 Å². The van der Waals surface area contributed by atoms with Gasteiger partial charge in [0, 0.05) is 23.7 Å². The van der Waals surface area contributed by atoms with Crippen molar-refractivity contribution < 1.29 is 0 Å². The van der Waals surface area contributed by atoms with Crippen LogP contribution < -0.4 is 5.73 Å². The van der Waals surface area contributed by atoms with Crippen molar-refractivity contribution in [2.75, 3.05) is 5.73 Å². The molecule has 90 valence electrons. The molecule has 2 N–H and O–H groups in total. The zero-order chi connectivity index (χ0) is 12.6. The summed E-state index contributed by atoms with van der Waals surface area (Å²) in [4.78, 5) is 4.59. The highest BCUT2D eigenvalue weighted by atomic mass is 15.3. The second-order valence-electron chi connectivity index (χ2n) is 5.26. The molecule has 0 saturated heterocycles. The summed E-state index contributed by atoms with van der Waals surface area (Å²) in [6.45, 7) is 6.31. The Balaban J connectivity index is 2.50. The largest absolute Gasteiger partial charge is 0.399 e. The summed E-state index contributed by atoms with van der Waals surface area (Å²) < 4.78 is 1.80. The van der Waals surface area contributed by atoms with Crippen molar-refractivity contribution >= 4 is 5.69 Å². The van der Waals surface area contributed by atoms with Crippen molar-refractivity contribution in [3.63, 3.8) is 0 Å². The van der Waals surface area contributed by atoms with Crippen molar-refractivity contribution in [1.29, 1.82) is 0 Å². The highest BCUT2D eigenvalue weighted by Gasteiger charge is 2.21. The molecule has 0 aliphatic heterocycles. The smallest absolute Gasteiger partial charge is 0.158 e. The lowest BCUT2D eigenvalue weighted by molar-refractivity contribution is 0.538. The standard InChI is InChI=1S/C13H18N4/c1-13(2,3)12-15-11(17(4)16-12)9-6-5-7-10(14)8-9/h5-8H,14H2,1-4H3. The summed E-state index contributed by atoms with van der Waals surface area (Å²) in [5.41, 5.74) is 7.47. The molecule has 1 aromatic heterocycles. The van der Waals surface area contributed by atoms with Gasteiger partial charge in [0.25, 0.3) is 0 Å². The number of nitrogen functional groups attached to an aromatic ring is 1. The Morgan fingerprint density at radius 1 is 1.24 bits per heavy atom. The van der Waals surface area contributed by atoms with Gasteiger partial charge in [-0.2, -0.15) is 5.10 Å². The van der Waals surface area contributed by atoms with Crippen LogP contribution in [0.4, 0.5) is 5.69 Å². The average Bonchev–Trinajstić information content (AvgIpc) is 2.60. The molecule has 4 nitrogen and oxygen atoms in total. The summed E-state index contributed by atoms with van der Waals surface area (Å²) in [6, 6.07) is 7.70. The summed E-state index contributed by atoms with van der Waals surface area (Å²) in [5.74, 6) is 1.69. The third-order valence-electron chi connectivity index (χ3n) is 2.58. The van der Waals surface area contributed by atoms with E-state index < -0.39 is 0 Å². The van der Waals surface area contributed by atoms with Crippen molar-refractivity contribution in [3.8, 4) is 11.4 Å². The second kappa shape index (κ2) is 3.87. The molecule has 0 unspecified atom stereocenters. The van der Waals surface area contributed by atoms with Gasteiger partial charge in [-0.15, -0.1) is 0 Å². The lowest BCUT2D eigenvalue weighted by atomic mass is 9.96. The van der Waals surface area contributed by atoms with Crippen LogP contribution in [0.1, 0.15) is 26.6 Å². The topological polar surface area (TPSA) is 56.7 Å². The predicted octanol–water partition coefficient (Wildman–Crippen LogP) is 2.36. The first-order valence-electron chi connectivity index (χ1n) is 5.65. The van der Waals surface area contributed by atoms with Crippen molar-refractivity contribution in [2.45, 2.75) is 26.2 Å². The van der Waals surface area contributed by atoms with E-state index in [0.29, 0.717) is 0 Å². The van der Waals surface area contributed by atoms with E-state index in [1.165, 1.54) is 0 Å². The number of aryl methyl sites for hydroxylation is 1. The van der Waals surface area contributed by atoms with E-state index in [1.54, 1.807) is 4.68 Å². The molecule has 0 aliphatic carbocycles. The lowest BCUT2D eigenvalue weighted by Gasteiger charge is -2.11. The van der Waals surface area contributed by atoms with Gasteiger partial charge in [-0.3, -0.25) is 0 Å². The highest BCUT2D eigenvalue weighted by molar-refractivity contribution is 5.61. The maximum atomic E-state index is 5.78. The van der Waals surface area contributed by atoms with Gasteiger partial charge in [-0.1, -0.05) is 32.9 Å². The molecule has 0 fully saturated rings. The van der Waals surface area contributed by atoms with E-state index in [9.17, 15) is 0 Å². The Morgan fingerprint density at radius 3 is 2.47 bits per heavy atom. The van der Waals surface area contributed by atoms with Gasteiger partial charge < -0.3 is 5.73 Å². The van der Waals surface area contributed by atoms with Gasteiger partial charge in [0.05, 0.1) is 0 Å². The SMILES string of the molecule is Cn1nc(C(C)(C)C)nc1-c1cccc(N)c1. The number of hydrogen-bond acceptors (Lipinski definition) is 3. The molecule has 0 amide bonds. The number of hydrogen-bond donors (Lipinski definition) is 1. The zero-order valence-corrected chi connectivity index (χ0v) is 10.7. The van der Waals surface area contributed by atoms with Gasteiger partial charge in [0.2, 0.25) is 0 Å². The zero-order valence-electron chi connectivity index (χ0n) is 10.7. The number of rotatable bonds is 1. The minimum Gasteiger partial charge on any atom is -0.399 e. The van der Waals surface area contributed by atoms with E-state index in [-0.39, 0.29) is 5.41 Å². The monoisotopic (exact) mass is 230 g/mol.